The number of hydrogen-bond donors (Lipinski definition) is 2. The molecular weight excluding hydrogens is 408 g/mol. The van der Waals surface area contributed by atoms with Crippen molar-refractivity contribution in [2.75, 3.05) is 24.9 Å². The SMILES string of the molecule is COc1ccc(Nc2nc(C(=O)Nc3ccc4sc(C)nc4c3)cs2)c(OC)c1. The summed E-state index contributed by atoms with van der Waals surface area (Å²) in [6.45, 7) is 1.96. The molecule has 7 nitrogen and oxygen atoms in total. The lowest BCUT2D eigenvalue weighted by atomic mass is 10.2. The molecule has 0 aliphatic carbocycles. The summed E-state index contributed by atoms with van der Waals surface area (Å²) in [7, 11) is 3.18. The number of fused-ring (bicyclic) bond motifs is 1. The molecule has 0 bridgehead atoms. The largest absolute Gasteiger partial charge is 0.497 e. The summed E-state index contributed by atoms with van der Waals surface area (Å²) in [6, 6.07) is 11.1. The van der Waals surface area contributed by atoms with Crippen LogP contribution in [-0.4, -0.2) is 30.1 Å². The van der Waals surface area contributed by atoms with E-state index in [1.165, 1.54) is 11.3 Å². The lowest BCUT2D eigenvalue weighted by Crippen LogP contribution is -2.12. The maximum atomic E-state index is 12.6. The van der Waals surface area contributed by atoms with Gasteiger partial charge >= 0.3 is 0 Å². The fraction of sp³-hybridized carbons (Fsp3) is 0.150. The molecule has 9 heteroatoms. The highest BCUT2D eigenvalue weighted by atomic mass is 32.1. The first-order chi connectivity index (χ1) is 14.1. The molecule has 2 aromatic heterocycles. The van der Waals surface area contributed by atoms with E-state index < -0.39 is 0 Å². The zero-order valence-electron chi connectivity index (χ0n) is 16.0. The second-order valence-electron chi connectivity index (χ2n) is 6.10. The van der Waals surface area contributed by atoms with Crippen LogP contribution in [0.5, 0.6) is 11.5 Å². The van der Waals surface area contributed by atoms with Crippen LogP contribution in [-0.2, 0) is 0 Å². The van der Waals surface area contributed by atoms with Crippen molar-refractivity contribution in [2.24, 2.45) is 0 Å². The smallest absolute Gasteiger partial charge is 0.275 e. The Labute approximate surface area is 175 Å². The number of aryl methyl sites for hydroxylation is 1. The standard InChI is InChI=1S/C20H18N4O3S2/c1-11-21-15-8-12(4-7-18(15)29-11)22-19(25)16-10-28-20(24-16)23-14-6-5-13(26-2)9-17(14)27-3/h4-10H,1-3H3,(H,22,25)(H,23,24). The third kappa shape index (κ3) is 4.15. The first-order valence-corrected chi connectivity index (χ1v) is 10.4. The van der Waals surface area contributed by atoms with E-state index in [1.54, 1.807) is 37.0 Å². The highest BCUT2D eigenvalue weighted by molar-refractivity contribution is 7.18. The molecule has 0 saturated carbocycles. The number of rotatable bonds is 6. The van der Waals surface area contributed by atoms with Gasteiger partial charge < -0.3 is 20.1 Å². The molecule has 0 unspecified atom stereocenters. The number of carbonyl (C=O) groups excluding carboxylic acids is 1. The zero-order valence-corrected chi connectivity index (χ0v) is 17.6. The van der Waals surface area contributed by atoms with Gasteiger partial charge in [-0.3, -0.25) is 4.79 Å². The van der Waals surface area contributed by atoms with Crippen LogP contribution in [0.25, 0.3) is 10.2 Å². The number of thiazole rings is 2. The fourth-order valence-electron chi connectivity index (χ4n) is 2.77. The quantitative estimate of drug-likeness (QED) is 0.447. The summed E-state index contributed by atoms with van der Waals surface area (Å²) in [4.78, 5) is 21.4. The summed E-state index contributed by atoms with van der Waals surface area (Å²) >= 11 is 2.96. The molecule has 148 valence electrons. The summed E-state index contributed by atoms with van der Waals surface area (Å²) in [5.41, 5.74) is 2.63. The van der Waals surface area contributed by atoms with E-state index in [1.807, 2.05) is 37.3 Å². The Morgan fingerprint density at radius 2 is 1.93 bits per heavy atom. The van der Waals surface area contributed by atoms with E-state index in [4.69, 9.17) is 9.47 Å². The summed E-state index contributed by atoms with van der Waals surface area (Å²) in [6.07, 6.45) is 0. The van der Waals surface area contributed by atoms with Crippen LogP contribution in [0.15, 0.2) is 41.8 Å². The lowest BCUT2D eigenvalue weighted by Gasteiger charge is -2.10. The molecule has 0 aliphatic rings. The zero-order chi connectivity index (χ0) is 20.4. The summed E-state index contributed by atoms with van der Waals surface area (Å²) < 4.78 is 11.7. The Morgan fingerprint density at radius 3 is 2.72 bits per heavy atom. The average molecular weight is 427 g/mol. The van der Waals surface area contributed by atoms with Crippen molar-refractivity contribution in [1.29, 1.82) is 0 Å². The van der Waals surface area contributed by atoms with Gasteiger partial charge in [-0.05, 0) is 37.3 Å². The van der Waals surface area contributed by atoms with Gasteiger partial charge in [0.25, 0.3) is 5.91 Å². The molecule has 0 radical (unpaired) electrons. The summed E-state index contributed by atoms with van der Waals surface area (Å²) in [5, 5.41) is 9.34. The van der Waals surface area contributed by atoms with Crippen molar-refractivity contribution in [1.82, 2.24) is 9.97 Å². The fourth-order valence-corrected chi connectivity index (χ4v) is 4.28. The van der Waals surface area contributed by atoms with Gasteiger partial charge in [0.15, 0.2) is 5.13 Å². The van der Waals surface area contributed by atoms with Crippen molar-refractivity contribution in [3.05, 3.63) is 52.5 Å². The van der Waals surface area contributed by atoms with Crippen LogP contribution in [0.4, 0.5) is 16.5 Å². The number of ether oxygens (including phenoxy) is 2. The van der Waals surface area contributed by atoms with Crippen LogP contribution < -0.4 is 20.1 Å². The van der Waals surface area contributed by atoms with Crippen LogP contribution in [0.2, 0.25) is 0 Å². The van der Waals surface area contributed by atoms with E-state index in [0.29, 0.717) is 28.0 Å². The van der Waals surface area contributed by atoms with Crippen molar-refractivity contribution < 1.29 is 14.3 Å². The van der Waals surface area contributed by atoms with E-state index in [0.717, 1.165) is 20.9 Å². The minimum Gasteiger partial charge on any atom is -0.497 e. The number of methoxy groups -OCH3 is 2. The molecule has 0 saturated heterocycles. The molecule has 1 amide bonds. The number of hydrogen-bond acceptors (Lipinski definition) is 8. The average Bonchev–Trinajstić information content (AvgIpc) is 3.33. The second kappa shape index (κ2) is 8.06. The lowest BCUT2D eigenvalue weighted by molar-refractivity contribution is 0.102. The number of anilines is 3. The Kier molecular flexibility index (Phi) is 5.32. The van der Waals surface area contributed by atoms with Gasteiger partial charge in [0.2, 0.25) is 0 Å². The Bertz CT molecular complexity index is 1190. The van der Waals surface area contributed by atoms with Gasteiger partial charge in [0.05, 0.1) is 35.1 Å². The Morgan fingerprint density at radius 1 is 1.07 bits per heavy atom. The number of nitrogens with one attached hydrogen (secondary N) is 2. The maximum absolute atomic E-state index is 12.6. The predicted octanol–water partition coefficient (Wildman–Crippen LogP) is 5.07. The van der Waals surface area contributed by atoms with E-state index in [9.17, 15) is 4.79 Å². The highest BCUT2D eigenvalue weighted by Gasteiger charge is 2.13. The first kappa shape index (κ1) is 19.2. The summed E-state index contributed by atoms with van der Waals surface area (Å²) in [5.74, 6) is 1.04. The van der Waals surface area contributed by atoms with Gasteiger partial charge in [-0.25, -0.2) is 9.97 Å². The molecule has 0 spiro atoms. The predicted molar refractivity (Wildman–Crippen MR) is 117 cm³/mol. The molecule has 0 fully saturated rings. The van der Waals surface area contributed by atoms with Gasteiger partial charge in [-0.15, -0.1) is 22.7 Å². The maximum Gasteiger partial charge on any atom is 0.275 e. The monoisotopic (exact) mass is 426 g/mol. The van der Waals surface area contributed by atoms with Crippen LogP contribution in [0, 0.1) is 6.92 Å². The number of carbonyl (C=O) groups is 1. The van der Waals surface area contributed by atoms with Crippen molar-refractivity contribution in [2.45, 2.75) is 6.92 Å². The molecular formula is C20H18N4O3S2. The van der Waals surface area contributed by atoms with E-state index in [2.05, 4.69) is 20.6 Å². The number of amides is 1. The van der Waals surface area contributed by atoms with E-state index in [-0.39, 0.29) is 5.91 Å². The molecule has 2 aromatic carbocycles. The molecule has 2 N–H and O–H groups in total. The third-order valence-electron chi connectivity index (χ3n) is 4.14. The van der Waals surface area contributed by atoms with Crippen molar-refractivity contribution in [3.8, 4) is 11.5 Å². The molecule has 0 aliphatic heterocycles. The third-order valence-corrected chi connectivity index (χ3v) is 5.85. The van der Waals surface area contributed by atoms with Crippen LogP contribution in [0.1, 0.15) is 15.5 Å². The normalized spacial score (nSPS) is 10.7. The molecule has 0 atom stereocenters. The molecule has 4 aromatic rings. The van der Waals surface area contributed by atoms with Crippen molar-refractivity contribution in [3.63, 3.8) is 0 Å². The molecule has 29 heavy (non-hydrogen) atoms. The number of benzene rings is 2. The molecule has 2 heterocycles. The van der Waals surface area contributed by atoms with Gasteiger partial charge in [0.1, 0.15) is 17.2 Å². The van der Waals surface area contributed by atoms with Gasteiger partial charge in [-0.2, -0.15) is 0 Å². The second-order valence-corrected chi connectivity index (χ2v) is 8.19. The Hall–Kier alpha value is -3.17. The first-order valence-electron chi connectivity index (χ1n) is 8.69. The minimum atomic E-state index is -0.276. The van der Waals surface area contributed by atoms with Gasteiger partial charge in [-0.1, -0.05) is 0 Å². The van der Waals surface area contributed by atoms with Crippen LogP contribution in [0.3, 0.4) is 0 Å². The molecule has 4 rings (SSSR count). The number of nitrogens with zero attached hydrogens (tertiary/aromatic N) is 2. The van der Waals surface area contributed by atoms with E-state index >= 15 is 0 Å². The van der Waals surface area contributed by atoms with Crippen LogP contribution >= 0.6 is 22.7 Å². The highest BCUT2D eigenvalue weighted by Crippen LogP contribution is 2.32. The van der Waals surface area contributed by atoms with Crippen molar-refractivity contribution >= 4 is 55.3 Å². The van der Waals surface area contributed by atoms with Gasteiger partial charge in [0, 0.05) is 17.1 Å². The number of aromatic nitrogens is 2. The Balaban J connectivity index is 1.48. The minimum absolute atomic E-state index is 0.276. The topological polar surface area (TPSA) is 85.4 Å².